The Balaban J connectivity index is 1.71. The Kier molecular flexibility index (Phi) is 4.32. The van der Waals surface area contributed by atoms with Crippen LogP contribution in [0.3, 0.4) is 0 Å². The quantitative estimate of drug-likeness (QED) is 0.724. The summed E-state index contributed by atoms with van der Waals surface area (Å²) >= 11 is 0. The third kappa shape index (κ3) is 2.63. The average Bonchev–Trinajstić information content (AvgIpc) is 3.21. The molecule has 1 aliphatic rings. The number of hydrogen-bond acceptors (Lipinski definition) is 2. The fourth-order valence-electron chi connectivity index (χ4n) is 4.18. The van der Waals surface area contributed by atoms with Crippen molar-refractivity contribution in [1.82, 2.24) is 18.8 Å². The van der Waals surface area contributed by atoms with E-state index in [1.165, 1.54) is 5.69 Å². The second-order valence-electron chi connectivity index (χ2n) is 7.06. The molecule has 0 saturated carbocycles. The maximum absolute atomic E-state index is 13.2. The summed E-state index contributed by atoms with van der Waals surface area (Å²) < 4.78 is 6.09. The molecular weight excluding hydrogens is 324 g/mol. The fourth-order valence-corrected chi connectivity index (χ4v) is 4.18. The molecule has 1 aromatic carbocycles. The molecule has 4 rings (SSSR count). The van der Waals surface area contributed by atoms with Crippen LogP contribution in [-0.4, -0.2) is 25.4 Å². The van der Waals surface area contributed by atoms with Gasteiger partial charge in [-0.15, -0.1) is 0 Å². The van der Waals surface area contributed by atoms with Gasteiger partial charge in [-0.05, 0) is 37.6 Å². The van der Waals surface area contributed by atoms with E-state index in [0.29, 0.717) is 12.6 Å². The van der Waals surface area contributed by atoms with Crippen molar-refractivity contribution < 1.29 is 0 Å². The summed E-state index contributed by atoms with van der Waals surface area (Å²) in [5.41, 5.74) is 4.29. The van der Waals surface area contributed by atoms with Crippen LogP contribution in [0.15, 0.2) is 53.5 Å². The van der Waals surface area contributed by atoms with Crippen LogP contribution >= 0.6 is 0 Å². The molecule has 0 unspecified atom stereocenters. The number of hydrogen-bond donors (Lipinski definition) is 0. The van der Waals surface area contributed by atoms with Gasteiger partial charge in [-0.2, -0.15) is 0 Å². The molecule has 0 spiro atoms. The molecule has 1 atom stereocenters. The summed E-state index contributed by atoms with van der Waals surface area (Å²) in [7, 11) is 1.96. The lowest BCUT2D eigenvalue weighted by atomic mass is 10.1. The molecule has 0 N–H and O–H groups in total. The normalized spacial score (nSPS) is 17.4. The first-order valence-corrected chi connectivity index (χ1v) is 9.33. The van der Waals surface area contributed by atoms with Gasteiger partial charge in [0, 0.05) is 44.3 Å². The summed E-state index contributed by atoms with van der Waals surface area (Å²) in [6.07, 6.45) is 3.20. The van der Waals surface area contributed by atoms with Crippen LogP contribution in [0, 0.1) is 6.92 Å². The Hall–Kier alpha value is -2.53. The lowest BCUT2D eigenvalue weighted by molar-refractivity contribution is 0.143. The van der Waals surface area contributed by atoms with Crippen molar-refractivity contribution >= 4 is 0 Å². The van der Waals surface area contributed by atoms with Crippen molar-refractivity contribution in [1.29, 1.82) is 0 Å². The standard InChI is InChI=1S/C21H26N4O/c1-4-19-20-11-8-12-23(20)13-14-24(19)15-18-16(2)22(3)25(21(18)26)17-9-6-5-7-10-17/h5-12,19H,4,13-15H2,1-3H3/t19-/m0/s1. The summed E-state index contributed by atoms with van der Waals surface area (Å²) in [6, 6.07) is 14.6. The Bertz CT molecular complexity index is 964. The number of fused-ring (bicyclic) bond motifs is 1. The van der Waals surface area contributed by atoms with Crippen LogP contribution in [0.2, 0.25) is 0 Å². The number of para-hydroxylation sites is 1. The highest BCUT2D eigenvalue weighted by atomic mass is 16.1. The van der Waals surface area contributed by atoms with E-state index in [0.717, 1.165) is 36.5 Å². The lowest BCUT2D eigenvalue weighted by Gasteiger charge is -2.36. The molecule has 136 valence electrons. The molecule has 1 aliphatic heterocycles. The van der Waals surface area contributed by atoms with Crippen molar-refractivity contribution in [3.63, 3.8) is 0 Å². The van der Waals surface area contributed by atoms with Crippen LogP contribution in [-0.2, 0) is 20.1 Å². The van der Waals surface area contributed by atoms with Crippen molar-refractivity contribution in [3.8, 4) is 5.69 Å². The minimum atomic E-state index is 0.0898. The van der Waals surface area contributed by atoms with Gasteiger partial charge in [0.05, 0.1) is 17.3 Å². The first kappa shape index (κ1) is 16.9. The van der Waals surface area contributed by atoms with Gasteiger partial charge < -0.3 is 4.57 Å². The zero-order valence-electron chi connectivity index (χ0n) is 15.7. The van der Waals surface area contributed by atoms with Crippen LogP contribution in [0.5, 0.6) is 0 Å². The largest absolute Gasteiger partial charge is 0.349 e. The predicted octanol–water partition coefficient (Wildman–Crippen LogP) is 3.25. The monoisotopic (exact) mass is 350 g/mol. The summed E-state index contributed by atoms with van der Waals surface area (Å²) in [5.74, 6) is 0. The van der Waals surface area contributed by atoms with Crippen LogP contribution < -0.4 is 5.56 Å². The van der Waals surface area contributed by atoms with Crippen molar-refractivity contribution in [2.24, 2.45) is 7.05 Å². The van der Waals surface area contributed by atoms with Gasteiger partial charge in [-0.1, -0.05) is 25.1 Å². The molecule has 0 saturated heterocycles. The van der Waals surface area contributed by atoms with Gasteiger partial charge in [0.25, 0.3) is 5.56 Å². The van der Waals surface area contributed by atoms with Crippen LogP contribution in [0.1, 0.15) is 36.3 Å². The second kappa shape index (κ2) is 6.65. The third-order valence-corrected chi connectivity index (χ3v) is 5.70. The van der Waals surface area contributed by atoms with Gasteiger partial charge in [0.1, 0.15) is 0 Å². The van der Waals surface area contributed by atoms with Crippen LogP contribution in [0.25, 0.3) is 5.69 Å². The third-order valence-electron chi connectivity index (χ3n) is 5.70. The smallest absolute Gasteiger partial charge is 0.276 e. The molecule has 5 nitrogen and oxygen atoms in total. The first-order valence-electron chi connectivity index (χ1n) is 9.33. The summed E-state index contributed by atoms with van der Waals surface area (Å²) in [5, 5.41) is 0. The van der Waals surface area contributed by atoms with Gasteiger partial charge in [-0.3, -0.25) is 14.4 Å². The van der Waals surface area contributed by atoms with Crippen molar-refractivity contribution in [2.45, 2.75) is 39.4 Å². The van der Waals surface area contributed by atoms with Crippen molar-refractivity contribution in [3.05, 3.63) is 76.0 Å². The first-order chi connectivity index (χ1) is 12.6. The highest BCUT2D eigenvalue weighted by molar-refractivity contribution is 5.33. The molecule has 5 heteroatoms. The SMILES string of the molecule is CC[C@H]1c2cccn2CCN1Cc1c(C)n(C)n(-c2ccccc2)c1=O. The molecule has 26 heavy (non-hydrogen) atoms. The van der Waals surface area contributed by atoms with Crippen molar-refractivity contribution in [2.75, 3.05) is 6.54 Å². The summed E-state index contributed by atoms with van der Waals surface area (Å²) in [6.45, 7) is 6.92. The Morgan fingerprint density at radius 1 is 1.08 bits per heavy atom. The van der Waals surface area contributed by atoms with E-state index >= 15 is 0 Å². The van der Waals surface area contributed by atoms with E-state index in [2.05, 4.69) is 34.7 Å². The maximum Gasteiger partial charge on any atom is 0.276 e. The number of nitrogens with zero attached hydrogens (tertiary/aromatic N) is 4. The second-order valence-corrected chi connectivity index (χ2v) is 7.06. The average molecular weight is 350 g/mol. The van der Waals surface area contributed by atoms with Gasteiger partial charge >= 0.3 is 0 Å². The molecule has 0 fully saturated rings. The molecule has 0 radical (unpaired) electrons. The number of rotatable bonds is 4. The van der Waals surface area contributed by atoms with Gasteiger partial charge in [0.15, 0.2) is 0 Å². The van der Waals surface area contributed by atoms with E-state index in [1.807, 2.05) is 49.0 Å². The highest BCUT2D eigenvalue weighted by Crippen LogP contribution is 2.30. The van der Waals surface area contributed by atoms with Crippen LogP contribution in [0.4, 0.5) is 0 Å². The molecule has 3 heterocycles. The molecule has 2 aromatic heterocycles. The van der Waals surface area contributed by atoms with E-state index in [4.69, 9.17) is 0 Å². The van der Waals surface area contributed by atoms with E-state index in [-0.39, 0.29) is 5.56 Å². The van der Waals surface area contributed by atoms with E-state index < -0.39 is 0 Å². The Labute approximate surface area is 154 Å². The minimum absolute atomic E-state index is 0.0898. The topological polar surface area (TPSA) is 35.1 Å². The zero-order chi connectivity index (χ0) is 18.3. The predicted molar refractivity (Wildman–Crippen MR) is 104 cm³/mol. The molecule has 3 aromatic rings. The number of aromatic nitrogens is 3. The summed E-state index contributed by atoms with van der Waals surface area (Å²) in [4.78, 5) is 15.6. The van der Waals surface area contributed by atoms with Gasteiger partial charge in [0.2, 0.25) is 0 Å². The van der Waals surface area contributed by atoms with Gasteiger partial charge in [-0.25, -0.2) is 4.68 Å². The molecule has 0 aliphatic carbocycles. The number of benzene rings is 1. The molecule has 0 amide bonds. The lowest BCUT2D eigenvalue weighted by Crippen LogP contribution is -2.38. The fraction of sp³-hybridized carbons (Fsp3) is 0.381. The zero-order valence-corrected chi connectivity index (χ0v) is 15.7. The molecule has 0 bridgehead atoms. The Morgan fingerprint density at radius 2 is 1.85 bits per heavy atom. The highest BCUT2D eigenvalue weighted by Gasteiger charge is 2.28. The molecular formula is C21H26N4O. The maximum atomic E-state index is 13.2. The van der Waals surface area contributed by atoms with E-state index in [1.54, 1.807) is 4.68 Å². The minimum Gasteiger partial charge on any atom is -0.349 e. The van der Waals surface area contributed by atoms with E-state index in [9.17, 15) is 4.79 Å². The Morgan fingerprint density at radius 3 is 2.58 bits per heavy atom.